The fraction of sp³-hybridized carbons (Fsp3) is 0.316. The van der Waals surface area contributed by atoms with Crippen LogP contribution < -0.4 is 5.32 Å². The van der Waals surface area contributed by atoms with Crippen molar-refractivity contribution in [3.63, 3.8) is 0 Å². The topological polar surface area (TPSA) is 29.1 Å². The largest absolute Gasteiger partial charge is 0.326 e. The maximum Gasteiger partial charge on any atom is 0.225 e. The molecule has 0 radical (unpaired) electrons. The molecule has 1 N–H and O–H groups in total. The Morgan fingerprint density at radius 2 is 1.59 bits per heavy atom. The van der Waals surface area contributed by atoms with Crippen LogP contribution in [0, 0.1) is 0 Å². The van der Waals surface area contributed by atoms with Gasteiger partial charge in [0.05, 0.1) is 0 Å². The second-order valence-corrected chi connectivity index (χ2v) is 6.29. The lowest BCUT2D eigenvalue weighted by atomic mass is 10.0. The molecule has 0 heterocycles. The summed E-state index contributed by atoms with van der Waals surface area (Å²) in [7, 11) is 0. The summed E-state index contributed by atoms with van der Waals surface area (Å²) in [5, 5.41) is 3.11. The second-order valence-electron chi connectivity index (χ2n) is 5.12. The third kappa shape index (κ3) is 4.63. The molecule has 0 aromatic heterocycles. The molecule has 2 aromatic rings. The average molecular weight is 313 g/mol. The first kappa shape index (κ1) is 16.6. The van der Waals surface area contributed by atoms with E-state index in [4.69, 9.17) is 0 Å². The molecule has 0 saturated carbocycles. The highest BCUT2D eigenvalue weighted by Gasteiger charge is 2.10. The summed E-state index contributed by atoms with van der Waals surface area (Å²) in [6, 6.07) is 16.4. The lowest BCUT2D eigenvalue weighted by Crippen LogP contribution is -2.15. The highest BCUT2D eigenvalue weighted by molar-refractivity contribution is 7.99. The van der Waals surface area contributed by atoms with E-state index in [0.717, 1.165) is 24.3 Å². The van der Waals surface area contributed by atoms with Crippen LogP contribution in [0.1, 0.15) is 31.4 Å². The molecule has 0 bridgehead atoms. The fourth-order valence-corrected chi connectivity index (χ4v) is 3.26. The number of nitrogens with one attached hydrogen (secondary N) is 1. The van der Waals surface area contributed by atoms with E-state index in [2.05, 4.69) is 49.5 Å². The zero-order chi connectivity index (χ0) is 15.8. The van der Waals surface area contributed by atoms with Crippen LogP contribution in [0.4, 0.5) is 5.69 Å². The van der Waals surface area contributed by atoms with E-state index in [1.807, 2.05) is 18.2 Å². The Balaban J connectivity index is 1.92. The van der Waals surface area contributed by atoms with Gasteiger partial charge in [-0.15, -0.1) is 11.8 Å². The molecule has 0 aliphatic carbocycles. The maximum absolute atomic E-state index is 12.2. The number of hydrogen-bond donors (Lipinski definition) is 1. The highest BCUT2D eigenvalue weighted by atomic mass is 32.2. The Bertz CT molecular complexity index is 588. The van der Waals surface area contributed by atoms with Crippen molar-refractivity contribution >= 4 is 23.4 Å². The zero-order valence-corrected chi connectivity index (χ0v) is 14.1. The molecular weight excluding hydrogens is 290 g/mol. The number of thioether (sulfide) groups is 1. The molecule has 0 unspecified atom stereocenters. The molecule has 0 saturated heterocycles. The average Bonchev–Trinajstić information content (AvgIpc) is 2.56. The van der Waals surface area contributed by atoms with Crippen LogP contribution in [0.2, 0.25) is 0 Å². The van der Waals surface area contributed by atoms with Crippen LogP contribution in [0.25, 0.3) is 0 Å². The molecule has 1 amide bonds. The van der Waals surface area contributed by atoms with Gasteiger partial charge >= 0.3 is 0 Å². The summed E-state index contributed by atoms with van der Waals surface area (Å²) in [4.78, 5) is 13.4. The van der Waals surface area contributed by atoms with Gasteiger partial charge in [0, 0.05) is 22.8 Å². The molecule has 0 aliphatic heterocycles. The van der Waals surface area contributed by atoms with E-state index in [-0.39, 0.29) is 5.91 Å². The van der Waals surface area contributed by atoms with Gasteiger partial charge in [0.25, 0.3) is 0 Å². The van der Waals surface area contributed by atoms with Crippen LogP contribution in [0.15, 0.2) is 53.4 Å². The summed E-state index contributed by atoms with van der Waals surface area (Å²) >= 11 is 1.72. The minimum absolute atomic E-state index is 0.0963. The van der Waals surface area contributed by atoms with Crippen molar-refractivity contribution in [3.8, 4) is 0 Å². The van der Waals surface area contributed by atoms with Crippen LogP contribution in [-0.4, -0.2) is 11.7 Å². The van der Waals surface area contributed by atoms with E-state index in [1.165, 1.54) is 16.0 Å². The lowest BCUT2D eigenvalue weighted by Gasteiger charge is -2.14. The van der Waals surface area contributed by atoms with Gasteiger partial charge in [0.15, 0.2) is 0 Å². The molecule has 0 fully saturated rings. The summed E-state index contributed by atoms with van der Waals surface area (Å²) in [5.74, 6) is 0.894. The predicted octanol–water partition coefficient (Wildman–Crippen LogP) is 4.93. The highest BCUT2D eigenvalue weighted by Crippen LogP contribution is 2.23. The normalized spacial score (nSPS) is 10.5. The second kappa shape index (κ2) is 8.64. The van der Waals surface area contributed by atoms with Gasteiger partial charge in [-0.05, 0) is 36.1 Å². The molecule has 2 nitrogen and oxygen atoms in total. The van der Waals surface area contributed by atoms with Crippen molar-refractivity contribution in [2.45, 2.75) is 38.0 Å². The van der Waals surface area contributed by atoms with Crippen LogP contribution in [0.5, 0.6) is 0 Å². The number of rotatable bonds is 7. The minimum atomic E-state index is 0.0963. The summed E-state index contributed by atoms with van der Waals surface area (Å²) in [6.45, 7) is 4.24. The first-order valence-electron chi connectivity index (χ1n) is 7.83. The standard InChI is InChI=1S/C19H23NOS/c1-3-15-9-8-10-16(4-2)19(15)20-18(21)13-14-22-17-11-6-5-7-12-17/h5-12H,3-4,13-14H2,1-2H3,(H,20,21). The van der Waals surface area contributed by atoms with Gasteiger partial charge < -0.3 is 5.32 Å². The monoisotopic (exact) mass is 313 g/mol. The smallest absolute Gasteiger partial charge is 0.225 e. The first-order valence-corrected chi connectivity index (χ1v) is 8.81. The van der Waals surface area contributed by atoms with E-state index >= 15 is 0 Å². The van der Waals surface area contributed by atoms with Crippen molar-refractivity contribution in [1.29, 1.82) is 0 Å². The molecule has 0 spiro atoms. The summed E-state index contributed by atoms with van der Waals surface area (Å²) in [5.41, 5.74) is 3.44. The van der Waals surface area contributed by atoms with Crippen LogP contribution in [-0.2, 0) is 17.6 Å². The number of aryl methyl sites for hydroxylation is 2. The predicted molar refractivity (Wildman–Crippen MR) is 95.6 cm³/mol. The molecule has 22 heavy (non-hydrogen) atoms. The van der Waals surface area contributed by atoms with Crippen molar-refractivity contribution < 1.29 is 4.79 Å². The van der Waals surface area contributed by atoms with Crippen LogP contribution >= 0.6 is 11.8 Å². The van der Waals surface area contributed by atoms with Gasteiger partial charge in [-0.2, -0.15) is 0 Å². The van der Waals surface area contributed by atoms with Crippen LogP contribution in [0.3, 0.4) is 0 Å². The number of benzene rings is 2. The lowest BCUT2D eigenvalue weighted by molar-refractivity contribution is -0.115. The number of anilines is 1. The van der Waals surface area contributed by atoms with Gasteiger partial charge in [-0.3, -0.25) is 4.79 Å². The Morgan fingerprint density at radius 3 is 2.18 bits per heavy atom. The Labute approximate surface area is 137 Å². The van der Waals surface area contributed by atoms with Crippen molar-refractivity contribution in [2.24, 2.45) is 0 Å². The number of para-hydroxylation sites is 1. The third-order valence-electron chi connectivity index (χ3n) is 3.60. The quantitative estimate of drug-likeness (QED) is 0.734. The maximum atomic E-state index is 12.2. The van der Waals surface area contributed by atoms with Gasteiger partial charge in [-0.25, -0.2) is 0 Å². The summed E-state index contributed by atoms with van der Waals surface area (Å²) < 4.78 is 0. The van der Waals surface area contributed by atoms with E-state index < -0.39 is 0 Å². The van der Waals surface area contributed by atoms with E-state index in [0.29, 0.717) is 6.42 Å². The molecular formula is C19H23NOS. The molecule has 2 aromatic carbocycles. The third-order valence-corrected chi connectivity index (χ3v) is 4.62. The SMILES string of the molecule is CCc1cccc(CC)c1NC(=O)CCSc1ccccc1. The Hall–Kier alpha value is -1.74. The first-order chi connectivity index (χ1) is 10.7. The summed E-state index contributed by atoms with van der Waals surface area (Å²) in [6.07, 6.45) is 2.39. The fourth-order valence-electron chi connectivity index (χ4n) is 2.38. The molecule has 0 aliphatic rings. The van der Waals surface area contributed by atoms with Crippen molar-refractivity contribution in [1.82, 2.24) is 0 Å². The van der Waals surface area contributed by atoms with Crippen molar-refractivity contribution in [2.75, 3.05) is 11.1 Å². The van der Waals surface area contributed by atoms with Gasteiger partial charge in [0.1, 0.15) is 0 Å². The molecule has 0 atom stereocenters. The molecule has 3 heteroatoms. The van der Waals surface area contributed by atoms with Gasteiger partial charge in [0.2, 0.25) is 5.91 Å². The van der Waals surface area contributed by atoms with E-state index in [9.17, 15) is 4.79 Å². The molecule has 2 rings (SSSR count). The number of amides is 1. The zero-order valence-electron chi connectivity index (χ0n) is 13.3. The van der Waals surface area contributed by atoms with E-state index in [1.54, 1.807) is 11.8 Å². The minimum Gasteiger partial charge on any atom is -0.326 e. The number of carbonyl (C=O) groups is 1. The Morgan fingerprint density at radius 1 is 0.955 bits per heavy atom. The number of hydrogen-bond acceptors (Lipinski definition) is 2. The Kier molecular flexibility index (Phi) is 6.53. The molecule has 116 valence electrons. The number of carbonyl (C=O) groups excluding carboxylic acids is 1. The van der Waals surface area contributed by atoms with Gasteiger partial charge in [-0.1, -0.05) is 50.2 Å². The van der Waals surface area contributed by atoms with Crippen molar-refractivity contribution in [3.05, 3.63) is 59.7 Å².